The van der Waals surface area contributed by atoms with Crippen molar-refractivity contribution in [3.05, 3.63) is 10.7 Å². The molecule has 1 heterocycles. The van der Waals surface area contributed by atoms with Crippen LogP contribution in [0.3, 0.4) is 0 Å². The van der Waals surface area contributed by atoms with E-state index in [9.17, 15) is 5.11 Å². The van der Waals surface area contributed by atoms with Crippen molar-refractivity contribution in [3.8, 4) is 0 Å². The SMILES string of the molecule is CCCNc1ncc(Br)c(NC2CCCCC2O)n1. The topological polar surface area (TPSA) is 70.1 Å². The first kappa shape index (κ1) is 14.5. The van der Waals surface area contributed by atoms with E-state index in [1.165, 1.54) is 0 Å². The zero-order valence-corrected chi connectivity index (χ0v) is 12.8. The number of aliphatic hydroxyl groups is 1. The molecular formula is C13H21BrN4O. The third-order valence-corrected chi connectivity index (χ3v) is 3.91. The van der Waals surface area contributed by atoms with Gasteiger partial charge in [-0.05, 0) is 35.2 Å². The highest BCUT2D eigenvalue weighted by molar-refractivity contribution is 9.10. The van der Waals surface area contributed by atoms with Gasteiger partial charge in [-0.3, -0.25) is 0 Å². The molecule has 1 aromatic heterocycles. The molecule has 106 valence electrons. The van der Waals surface area contributed by atoms with Gasteiger partial charge in [0.05, 0.1) is 16.6 Å². The van der Waals surface area contributed by atoms with Crippen LogP contribution in [0.1, 0.15) is 39.0 Å². The Morgan fingerprint density at radius 3 is 2.95 bits per heavy atom. The van der Waals surface area contributed by atoms with Crippen LogP contribution in [0.25, 0.3) is 0 Å². The average molecular weight is 329 g/mol. The van der Waals surface area contributed by atoms with Gasteiger partial charge < -0.3 is 15.7 Å². The molecule has 2 rings (SSSR count). The standard InChI is InChI=1S/C13H21BrN4O/c1-2-7-15-13-16-8-9(14)12(18-13)17-10-5-3-4-6-11(10)19/h8,10-11,19H,2-7H2,1H3,(H2,15,16,17,18). The molecule has 0 bridgehead atoms. The third-order valence-electron chi connectivity index (χ3n) is 3.33. The van der Waals surface area contributed by atoms with Gasteiger partial charge in [-0.1, -0.05) is 19.8 Å². The number of halogens is 1. The normalized spacial score (nSPS) is 23.1. The number of aromatic nitrogens is 2. The molecule has 0 amide bonds. The van der Waals surface area contributed by atoms with E-state index in [4.69, 9.17) is 0 Å². The van der Waals surface area contributed by atoms with E-state index in [0.717, 1.165) is 48.9 Å². The van der Waals surface area contributed by atoms with Crippen LogP contribution in [0.15, 0.2) is 10.7 Å². The predicted molar refractivity (Wildman–Crippen MR) is 80.4 cm³/mol. The summed E-state index contributed by atoms with van der Waals surface area (Å²) in [6, 6.07) is 0.0824. The minimum absolute atomic E-state index is 0.0824. The van der Waals surface area contributed by atoms with E-state index >= 15 is 0 Å². The molecule has 1 saturated carbocycles. The monoisotopic (exact) mass is 328 g/mol. The van der Waals surface area contributed by atoms with Gasteiger partial charge in [-0.25, -0.2) is 4.98 Å². The van der Waals surface area contributed by atoms with E-state index in [0.29, 0.717) is 5.95 Å². The van der Waals surface area contributed by atoms with E-state index in [-0.39, 0.29) is 12.1 Å². The average Bonchev–Trinajstić information content (AvgIpc) is 2.42. The van der Waals surface area contributed by atoms with Crippen molar-refractivity contribution in [2.24, 2.45) is 0 Å². The van der Waals surface area contributed by atoms with Gasteiger partial charge >= 0.3 is 0 Å². The molecule has 2 unspecified atom stereocenters. The number of anilines is 2. The summed E-state index contributed by atoms with van der Waals surface area (Å²) in [4.78, 5) is 8.66. The van der Waals surface area contributed by atoms with Gasteiger partial charge in [0.25, 0.3) is 0 Å². The van der Waals surface area contributed by atoms with Crippen LogP contribution < -0.4 is 10.6 Å². The van der Waals surface area contributed by atoms with Gasteiger partial charge in [-0.2, -0.15) is 4.98 Å². The van der Waals surface area contributed by atoms with Crippen LogP contribution in [0.2, 0.25) is 0 Å². The van der Waals surface area contributed by atoms with Crippen molar-refractivity contribution in [3.63, 3.8) is 0 Å². The molecule has 1 fully saturated rings. The van der Waals surface area contributed by atoms with Crippen molar-refractivity contribution in [2.45, 2.75) is 51.2 Å². The number of rotatable bonds is 5. The first-order valence-corrected chi connectivity index (χ1v) is 7.71. The fourth-order valence-electron chi connectivity index (χ4n) is 2.25. The van der Waals surface area contributed by atoms with Crippen LogP contribution in [0.5, 0.6) is 0 Å². The molecule has 1 aliphatic rings. The second-order valence-electron chi connectivity index (χ2n) is 4.92. The van der Waals surface area contributed by atoms with Crippen molar-refractivity contribution >= 4 is 27.7 Å². The molecule has 0 aromatic carbocycles. The summed E-state index contributed by atoms with van der Waals surface area (Å²) in [6.45, 7) is 2.95. The molecule has 0 radical (unpaired) electrons. The van der Waals surface area contributed by atoms with Crippen LogP contribution in [0.4, 0.5) is 11.8 Å². The van der Waals surface area contributed by atoms with Gasteiger partial charge in [0.15, 0.2) is 0 Å². The highest BCUT2D eigenvalue weighted by Crippen LogP contribution is 2.26. The van der Waals surface area contributed by atoms with Gasteiger partial charge in [0.2, 0.25) is 5.95 Å². The van der Waals surface area contributed by atoms with Crippen molar-refractivity contribution < 1.29 is 5.11 Å². The summed E-state index contributed by atoms with van der Waals surface area (Å²) >= 11 is 3.45. The fraction of sp³-hybridized carbons (Fsp3) is 0.692. The summed E-state index contributed by atoms with van der Waals surface area (Å²) in [5, 5.41) is 16.5. The molecule has 3 N–H and O–H groups in total. The van der Waals surface area contributed by atoms with Crippen LogP contribution >= 0.6 is 15.9 Å². The number of hydrogen-bond acceptors (Lipinski definition) is 5. The Morgan fingerprint density at radius 1 is 1.42 bits per heavy atom. The summed E-state index contributed by atoms with van der Waals surface area (Å²) in [5.41, 5.74) is 0. The minimum atomic E-state index is -0.289. The lowest BCUT2D eigenvalue weighted by Crippen LogP contribution is -2.36. The molecule has 1 aromatic rings. The summed E-state index contributed by atoms with van der Waals surface area (Å²) < 4.78 is 0.826. The zero-order chi connectivity index (χ0) is 13.7. The highest BCUT2D eigenvalue weighted by atomic mass is 79.9. The Bertz CT molecular complexity index is 416. The molecule has 5 nitrogen and oxygen atoms in total. The molecule has 6 heteroatoms. The maximum absolute atomic E-state index is 10.00. The maximum Gasteiger partial charge on any atom is 0.224 e. The number of hydrogen-bond donors (Lipinski definition) is 3. The largest absolute Gasteiger partial charge is 0.391 e. The lowest BCUT2D eigenvalue weighted by Gasteiger charge is -2.29. The number of aliphatic hydroxyl groups excluding tert-OH is 1. The second-order valence-corrected chi connectivity index (χ2v) is 5.77. The molecule has 19 heavy (non-hydrogen) atoms. The Morgan fingerprint density at radius 2 is 2.21 bits per heavy atom. The molecule has 2 atom stereocenters. The van der Waals surface area contributed by atoms with Crippen molar-refractivity contribution in [1.82, 2.24) is 9.97 Å². The quantitative estimate of drug-likeness (QED) is 0.775. The molecule has 0 spiro atoms. The lowest BCUT2D eigenvalue weighted by molar-refractivity contribution is 0.116. The number of nitrogens with one attached hydrogen (secondary N) is 2. The van der Waals surface area contributed by atoms with E-state index < -0.39 is 0 Å². The van der Waals surface area contributed by atoms with Crippen molar-refractivity contribution in [2.75, 3.05) is 17.2 Å². The summed E-state index contributed by atoms with van der Waals surface area (Å²) in [5.74, 6) is 1.37. The third kappa shape index (κ3) is 4.04. The summed E-state index contributed by atoms with van der Waals surface area (Å²) in [7, 11) is 0. The van der Waals surface area contributed by atoms with E-state index in [1.807, 2.05) is 0 Å². The molecular weight excluding hydrogens is 308 g/mol. The highest BCUT2D eigenvalue weighted by Gasteiger charge is 2.23. The van der Waals surface area contributed by atoms with Crippen LogP contribution in [-0.4, -0.2) is 33.8 Å². The molecule has 0 aliphatic heterocycles. The predicted octanol–water partition coefficient (Wildman–Crippen LogP) is 2.78. The van der Waals surface area contributed by atoms with Crippen molar-refractivity contribution in [1.29, 1.82) is 0 Å². The van der Waals surface area contributed by atoms with Gasteiger partial charge in [0.1, 0.15) is 5.82 Å². The molecule has 0 saturated heterocycles. The Kier molecular flexibility index (Phi) is 5.39. The fourth-order valence-corrected chi connectivity index (χ4v) is 2.55. The van der Waals surface area contributed by atoms with Crippen LogP contribution in [-0.2, 0) is 0 Å². The summed E-state index contributed by atoms with van der Waals surface area (Å²) in [6.07, 6.45) is 6.58. The zero-order valence-electron chi connectivity index (χ0n) is 11.2. The Labute approximate surface area is 122 Å². The minimum Gasteiger partial charge on any atom is -0.391 e. The second kappa shape index (κ2) is 7.05. The first-order chi connectivity index (χ1) is 9.20. The van der Waals surface area contributed by atoms with E-state index in [2.05, 4.69) is 43.5 Å². The Balaban J connectivity index is 2.05. The first-order valence-electron chi connectivity index (χ1n) is 6.91. The molecule has 1 aliphatic carbocycles. The maximum atomic E-state index is 10.00. The number of nitrogens with zero attached hydrogens (tertiary/aromatic N) is 2. The van der Waals surface area contributed by atoms with Gasteiger partial charge in [-0.15, -0.1) is 0 Å². The van der Waals surface area contributed by atoms with Gasteiger partial charge in [0, 0.05) is 12.7 Å². The smallest absolute Gasteiger partial charge is 0.224 e. The van der Waals surface area contributed by atoms with Crippen LogP contribution in [0, 0.1) is 0 Å². The lowest BCUT2D eigenvalue weighted by atomic mass is 9.93. The van der Waals surface area contributed by atoms with E-state index in [1.54, 1.807) is 6.20 Å². The Hall–Kier alpha value is -0.880.